The number of rotatable bonds is 9. The second-order valence-electron chi connectivity index (χ2n) is 9.73. The average molecular weight is 541 g/mol. The minimum Gasteiger partial charge on any atom is -0.457 e. The fourth-order valence-electron chi connectivity index (χ4n) is 4.47. The molecule has 5 N–H and O–H groups in total. The Morgan fingerprint density at radius 1 is 1.31 bits per heavy atom. The molecule has 2 aromatic heterocycles. The predicted octanol–water partition coefficient (Wildman–Crippen LogP) is 0.806. The van der Waals surface area contributed by atoms with Gasteiger partial charge in [0, 0.05) is 6.42 Å². The van der Waals surface area contributed by atoms with E-state index in [1.807, 2.05) is 19.9 Å². The molecule has 1 saturated heterocycles. The number of hydrogen-bond acceptors (Lipinski definition) is 10. The summed E-state index contributed by atoms with van der Waals surface area (Å²) < 4.78 is 25.6. The van der Waals surface area contributed by atoms with Crippen LogP contribution in [0.1, 0.15) is 31.5 Å². The van der Waals surface area contributed by atoms with Crippen LogP contribution in [0.15, 0.2) is 42.7 Å². The second kappa shape index (κ2) is 11.4. The van der Waals surface area contributed by atoms with Crippen molar-refractivity contribution in [3.05, 3.63) is 59.8 Å². The second-order valence-corrected chi connectivity index (χ2v) is 9.73. The van der Waals surface area contributed by atoms with E-state index in [0.717, 1.165) is 6.33 Å². The number of nitrogens with one attached hydrogen (secondary N) is 1. The number of nitrogens with zero attached hydrogens (tertiary/aromatic N) is 4. The van der Waals surface area contributed by atoms with E-state index in [1.165, 1.54) is 40.9 Å². The van der Waals surface area contributed by atoms with Gasteiger partial charge in [-0.15, -0.1) is 0 Å². The fourth-order valence-corrected chi connectivity index (χ4v) is 4.47. The van der Waals surface area contributed by atoms with Gasteiger partial charge in [0.2, 0.25) is 11.5 Å². The number of anilines is 1. The van der Waals surface area contributed by atoms with E-state index in [9.17, 15) is 29.5 Å². The Balaban J connectivity index is 1.59. The van der Waals surface area contributed by atoms with Crippen LogP contribution < -0.4 is 11.1 Å². The van der Waals surface area contributed by atoms with Crippen molar-refractivity contribution in [3.8, 4) is 6.07 Å². The number of carbonyl (C=O) groups excluding carboxylic acids is 2. The van der Waals surface area contributed by atoms with E-state index in [0.29, 0.717) is 5.56 Å². The fraction of sp³-hybridized carbons (Fsp3) is 0.423. The highest BCUT2D eigenvalue weighted by atomic mass is 19.1. The molecule has 1 aliphatic heterocycles. The molecule has 1 aliphatic rings. The van der Waals surface area contributed by atoms with Gasteiger partial charge in [0.15, 0.2) is 11.9 Å². The quantitative estimate of drug-likeness (QED) is 0.283. The molecule has 5 atom stereocenters. The van der Waals surface area contributed by atoms with Crippen molar-refractivity contribution in [2.45, 2.75) is 56.6 Å². The molecule has 206 valence electrons. The van der Waals surface area contributed by atoms with Gasteiger partial charge in [-0.1, -0.05) is 26.0 Å². The zero-order chi connectivity index (χ0) is 28.3. The summed E-state index contributed by atoms with van der Waals surface area (Å²) in [6.45, 7) is 3.03. The molecule has 1 amide bonds. The molecule has 0 spiro atoms. The molecule has 1 unspecified atom stereocenters. The first-order valence-electron chi connectivity index (χ1n) is 12.3. The van der Waals surface area contributed by atoms with Gasteiger partial charge in [0.25, 0.3) is 0 Å². The highest BCUT2D eigenvalue weighted by Crippen LogP contribution is 2.41. The zero-order valence-electron chi connectivity index (χ0n) is 21.3. The molecule has 1 aromatic carbocycles. The highest BCUT2D eigenvalue weighted by molar-refractivity contribution is 5.97. The van der Waals surface area contributed by atoms with Crippen LogP contribution in [0.25, 0.3) is 5.52 Å². The van der Waals surface area contributed by atoms with E-state index in [4.69, 9.17) is 15.2 Å². The Morgan fingerprint density at radius 3 is 2.67 bits per heavy atom. The molecule has 13 heteroatoms. The summed E-state index contributed by atoms with van der Waals surface area (Å²) in [6, 6.07) is 9.56. The maximum absolute atomic E-state index is 13.2. The Hall–Kier alpha value is -3.96. The number of carbonyl (C=O) groups is 2. The summed E-state index contributed by atoms with van der Waals surface area (Å²) in [6.07, 6.45) is -2.78. The van der Waals surface area contributed by atoms with Gasteiger partial charge >= 0.3 is 5.97 Å². The Bertz CT molecular complexity index is 1390. The van der Waals surface area contributed by atoms with Gasteiger partial charge in [-0.2, -0.15) is 10.4 Å². The molecule has 1 fully saturated rings. The Labute approximate surface area is 223 Å². The average Bonchev–Trinajstić information content (AvgIpc) is 3.45. The summed E-state index contributed by atoms with van der Waals surface area (Å²) >= 11 is 0. The van der Waals surface area contributed by atoms with Crippen molar-refractivity contribution in [3.63, 3.8) is 0 Å². The topological polar surface area (TPSA) is 185 Å². The van der Waals surface area contributed by atoms with Gasteiger partial charge in [-0.3, -0.25) is 9.59 Å². The third kappa shape index (κ3) is 5.59. The van der Waals surface area contributed by atoms with Crippen molar-refractivity contribution in [2.24, 2.45) is 11.7 Å². The highest BCUT2D eigenvalue weighted by Gasteiger charge is 2.59. The number of fused-ring (bicyclic) bond motifs is 1. The number of aromatic nitrogens is 3. The standard InChI is InChI=1S/C26H29FN6O6/c1-14(2)9-21(35)38-22-19(11-34)39-26(12-28,23(22)36)20-8-7-18-24(30-13-31-33(18)20)32-25(37)17(29)10-15-3-5-16(27)6-4-15/h3-8,13-14,17,19,22-23,34,36H,9-11,29H2,1-2H3,(H,30,31,32,37)/t17-,19?,22+,23+,26-/m0/s1. The molecular weight excluding hydrogens is 511 g/mol. The summed E-state index contributed by atoms with van der Waals surface area (Å²) in [5.41, 5.74) is 4.99. The monoisotopic (exact) mass is 540 g/mol. The number of hydrogen-bond donors (Lipinski definition) is 4. The number of nitrogens with two attached hydrogens (primary N) is 1. The zero-order valence-corrected chi connectivity index (χ0v) is 21.3. The number of benzene rings is 1. The first-order valence-corrected chi connectivity index (χ1v) is 12.3. The van der Waals surface area contributed by atoms with Crippen LogP contribution in [0.5, 0.6) is 0 Å². The maximum atomic E-state index is 13.2. The van der Waals surface area contributed by atoms with E-state index in [-0.39, 0.29) is 35.8 Å². The van der Waals surface area contributed by atoms with E-state index in [1.54, 1.807) is 0 Å². The van der Waals surface area contributed by atoms with Crippen LogP contribution in [0, 0.1) is 23.1 Å². The molecular formula is C26H29FN6O6. The van der Waals surface area contributed by atoms with Crippen LogP contribution in [0.3, 0.4) is 0 Å². The number of aliphatic hydroxyl groups is 2. The third-order valence-corrected chi connectivity index (χ3v) is 6.40. The van der Waals surface area contributed by atoms with Crippen LogP contribution in [-0.2, 0) is 31.1 Å². The van der Waals surface area contributed by atoms with E-state index >= 15 is 0 Å². The summed E-state index contributed by atoms with van der Waals surface area (Å²) in [5, 5.41) is 37.9. The molecule has 4 rings (SSSR count). The van der Waals surface area contributed by atoms with Crippen molar-refractivity contribution in [1.82, 2.24) is 14.6 Å². The van der Waals surface area contributed by atoms with Crippen LogP contribution in [0.4, 0.5) is 10.2 Å². The number of ether oxygens (including phenoxy) is 2. The van der Waals surface area contributed by atoms with Gasteiger partial charge in [0.1, 0.15) is 35.9 Å². The molecule has 0 radical (unpaired) electrons. The molecule has 3 heterocycles. The number of halogens is 1. The largest absolute Gasteiger partial charge is 0.457 e. The Kier molecular flexibility index (Phi) is 8.22. The van der Waals surface area contributed by atoms with Crippen LogP contribution in [0.2, 0.25) is 0 Å². The lowest BCUT2D eigenvalue weighted by Crippen LogP contribution is -2.43. The number of esters is 1. The maximum Gasteiger partial charge on any atom is 0.306 e. The predicted molar refractivity (Wildman–Crippen MR) is 134 cm³/mol. The van der Waals surface area contributed by atoms with Crippen molar-refractivity contribution in [1.29, 1.82) is 5.26 Å². The molecule has 3 aromatic rings. The van der Waals surface area contributed by atoms with Crippen molar-refractivity contribution < 1.29 is 33.7 Å². The molecule has 12 nitrogen and oxygen atoms in total. The molecule has 0 saturated carbocycles. The SMILES string of the molecule is CC(C)CC(=O)O[C@@H]1C(CO)O[C@@](C#N)(c2ccc3c(NC(=O)[C@@H](N)Cc4ccc(F)cc4)ncnn23)[C@@H]1O. The first kappa shape index (κ1) is 28.1. The van der Waals surface area contributed by atoms with Crippen LogP contribution >= 0.6 is 0 Å². The number of aliphatic hydroxyl groups excluding tert-OH is 2. The van der Waals surface area contributed by atoms with E-state index in [2.05, 4.69) is 15.4 Å². The normalized spacial score (nSPS) is 23.5. The lowest BCUT2D eigenvalue weighted by atomic mass is 9.92. The van der Waals surface area contributed by atoms with Gasteiger partial charge in [-0.25, -0.2) is 13.9 Å². The lowest BCUT2D eigenvalue weighted by molar-refractivity contribution is -0.157. The summed E-state index contributed by atoms with van der Waals surface area (Å²) in [5.74, 6) is -1.49. The minimum atomic E-state index is -2.06. The van der Waals surface area contributed by atoms with Crippen LogP contribution in [-0.4, -0.2) is 67.6 Å². The number of nitriles is 1. The molecule has 0 aliphatic carbocycles. The van der Waals surface area contributed by atoms with Gasteiger partial charge in [-0.05, 0) is 42.2 Å². The minimum absolute atomic E-state index is 0.00558. The number of amides is 1. The third-order valence-electron chi connectivity index (χ3n) is 6.40. The van der Waals surface area contributed by atoms with Gasteiger partial charge in [0.05, 0.1) is 18.3 Å². The lowest BCUT2D eigenvalue weighted by Gasteiger charge is -2.25. The first-order chi connectivity index (χ1) is 18.6. The smallest absolute Gasteiger partial charge is 0.306 e. The van der Waals surface area contributed by atoms with Gasteiger partial charge < -0.3 is 30.7 Å². The van der Waals surface area contributed by atoms with E-state index < -0.39 is 54.3 Å². The van der Waals surface area contributed by atoms with Crippen molar-refractivity contribution in [2.75, 3.05) is 11.9 Å². The molecule has 39 heavy (non-hydrogen) atoms. The summed E-state index contributed by atoms with van der Waals surface area (Å²) in [7, 11) is 0. The summed E-state index contributed by atoms with van der Waals surface area (Å²) in [4.78, 5) is 29.2. The van der Waals surface area contributed by atoms with Crippen molar-refractivity contribution >= 4 is 23.2 Å². The Morgan fingerprint density at radius 2 is 2.03 bits per heavy atom. The molecule has 0 bridgehead atoms.